The van der Waals surface area contributed by atoms with Gasteiger partial charge < -0.3 is 5.73 Å². The highest BCUT2D eigenvalue weighted by atomic mass is 79.9. The molecule has 0 saturated heterocycles. The van der Waals surface area contributed by atoms with Crippen LogP contribution >= 0.6 is 27.5 Å². The number of aryl methyl sites for hydroxylation is 1. The third-order valence-corrected chi connectivity index (χ3v) is 2.44. The highest BCUT2D eigenvalue weighted by Crippen LogP contribution is 2.18. The number of hydrogen-bond donors (Lipinski definition) is 1. The molecule has 2 nitrogen and oxygen atoms in total. The Balaban J connectivity index is 2.70. The van der Waals surface area contributed by atoms with E-state index in [2.05, 4.69) is 27.8 Å². The van der Waals surface area contributed by atoms with Gasteiger partial charge in [0, 0.05) is 11.0 Å². The Bertz CT molecular complexity index is 289. The Kier molecular flexibility index (Phi) is 4.00. The van der Waals surface area contributed by atoms with Crippen molar-refractivity contribution in [2.45, 2.75) is 24.6 Å². The van der Waals surface area contributed by atoms with Gasteiger partial charge in [-0.1, -0.05) is 34.5 Å². The van der Waals surface area contributed by atoms with Crippen molar-refractivity contribution in [3.63, 3.8) is 0 Å². The lowest BCUT2D eigenvalue weighted by molar-refractivity contribution is 0.821. The highest BCUT2D eigenvalue weighted by molar-refractivity contribution is 9.09. The van der Waals surface area contributed by atoms with E-state index in [0.29, 0.717) is 15.7 Å². The van der Waals surface area contributed by atoms with Crippen LogP contribution in [0.15, 0.2) is 12.3 Å². The Hall–Kier alpha value is -0.280. The number of hydrogen-bond acceptors (Lipinski definition) is 2. The summed E-state index contributed by atoms with van der Waals surface area (Å²) in [5.41, 5.74) is 6.72. The summed E-state index contributed by atoms with van der Waals surface area (Å²) in [7, 11) is 0. The van der Waals surface area contributed by atoms with Gasteiger partial charge in [-0.3, -0.25) is 0 Å². The van der Waals surface area contributed by atoms with Crippen LogP contribution < -0.4 is 5.73 Å². The first-order chi connectivity index (χ1) is 6.09. The first-order valence-electron chi connectivity index (χ1n) is 4.13. The van der Waals surface area contributed by atoms with Gasteiger partial charge in [0.1, 0.15) is 5.82 Å². The number of nitrogens with zero attached hydrogens (tertiary/aromatic N) is 1. The van der Waals surface area contributed by atoms with Crippen molar-refractivity contribution in [3.05, 3.63) is 22.8 Å². The van der Waals surface area contributed by atoms with Gasteiger partial charge in [0.2, 0.25) is 0 Å². The van der Waals surface area contributed by atoms with Gasteiger partial charge in [-0.25, -0.2) is 4.98 Å². The number of halogens is 2. The monoisotopic (exact) mass is 262 g/mol. The zero-order valence-electron chi connectivity index (χ0n) is 7.43. The van der Waals surface area contributed by atoms with Crippen molar-refractivity contribution < 1.29 is 0 Å². The van der Waals surface area contributed by atoms with Gasteiger partial charge in [0.05, 0.1) is 5.02 Å². The Labute approximate surface area is 91.6 Å². The Morgan fingerprint density at radius 2 is 2.38 bits per heavy atom. The van der Waals surface area contributed by atoms with Crippen LogP contribution in [0.1, 0.15) is 18.9 Å². The van der Waals surface area contributed by atoms with Crippen LogP contribution in [0.4, 0.5) is 5.82 Å². The molecule has 1 aromatic heterocycles. The molecule has 0 aliphatic heterocycles. The molecule has 0 amide bonds. The molecule has 0 aromatic carbocycles. The summed E-state index contributed by atoms with van der Waals surface area (Å²) in [6, 6.07) is 1.87. The van der Waals surface area contributed by atoms with E-state index >= 15 is 0 Å². The third kappa shape index (κ3) is 3.53. The Morgan fingerprint density at radius 3 is 3.00 bits per heavy atom. The quantitative estimate of drug-likeness (QED) is 0.852. The number of nitrogens with two attached hydrogens (primary N) is 1. The molecule has 1 aromatic rings. The zero-order chi connectivity index (χ0) is 9.84. The maximum Gasteiger partial charge on any atom is 0.126 e. The standard InChI is InChI=1S/C9H12BrClN2/c1-6(10)2-3-7-4-8(11)5-13-9(7)12/h4-6H,2-3H2,1H3,(H2,12,13). The van der Waals surface area contributed by atoms with Crippen molar-refractivity contribution in [1.29, 1.82) is 0 Å². The minimum atomic E-state index is 0.492. The average Bonchev–Trinajstić information content (AvgIpc) is 2.06. The van der Waals surface area contributed by atoms with Crippen LogP contribution in [0.2, 0.25) is 5.02 Å². The van der Waals surface area contributed by atoms with Crippen LogP contribution in [-0.4, -0.2) is 9.81 Å². The van der Waals surface area contributed by atoms with Gasteiger partial charge in [-0.05, 0) is 24.5 Å². The van der Waals surface area contributed by atoms with Crippen LogP contribution in [-0.2, 0) is 6.42 Å². The Morgan fingerprint density at radius 1 is 1.69 bits per heavy atom. The van der Waals surface area contributed by atoms with E-state index in [9.17, 15) is 0 Å². The lowest BCUT2D eigenvalue weighted by Gasteiger charge is -2.06. The summed E-state index contributed by atoms with van der Waals surface area (Å²) < 4.78 is 0. The van der Waals surface area contributed by atoms with E-state index in [1.54, 1.807) is 6.20 Å². The molecular formula is C9H12BrClN2. The molecule has 0 aliphatic carbocycles. The van der Waals surface area contributed by atoms with Crippen molar-refractivity contribution in [3.8, 4) is 0 Å². The molecule has 0 bridgehead atoms. The molecule has 1 atom stereocenters. The number of aromatic nitrogens is 1. The molecular weight excluding hydrogens is 251 g/mol. The van der Waals surface area contributed by atoms with Crippen LogP contribution in [0.5, 0.6) is 0 Å². The van der Waals surface area contributed by atoms with Crippen LogP contribution in [0, 0.1) is 0 Å². The van der Waals surface area contributed by atoms with Crippen molar-refractivity contribution >= 4 is 33.3 Å². The van der Waals surface area contributed by atoms with Crippen LogP contribution in [0.25, 0.3) is 0 Å². The number of nitrogen functional groups attached to an aromatic ring is 1. The number of anilines is 1. The largest absolute Gasteiger partial charge is 0.383 e. The predicted molar refractivity (Wildman–Crippen MR) is 60.4 cm³/mol. The molecule has 0 spiro atoms. The zero-order valence-corrected chi connectivity index (χ0v) is 9.77. The molecule has 0 radical (unpaired) electrons. The van der Waals surface area contributed by atoms with Gasteiger partial charge >= 0.3 is 0 Å². The topological polar surface area (TPSA) is 38.9 Å². The second-order valence-electron chi connectivity index (χ2n) is 3.02. The smallest absolute Gasteiger partial charge is 0.126 e. The highest BCUT2D eigenvalue weighted by Gasteiger charge is 2.03. The SMILES string of the molecule is CC(Br)CCc1cc(Cl)cnc1N. The molecule has 1 heterocycles. The fourth-order valence-electron chi connectivity index (χ4n) is 1.05. The summed E-state index contributed by atoms with van der Waals surface area (Å²) in [6.45, 7) is 2.11. The minimum Gasteiger partial charge on any atom is -0.383 e. The van der Waals surface area contributed by atoms with Crippen molar-refractivity contribution in [2.75, 3.05) is 5.73 Å². The van der Waals surface area contributed by atoms with Crippen molar-refractivity contribution in [2.24, 2.45) is 0 Å². The summed E-state index contributed by atoms with van der Waals surface area (Å²) >= 11 is 9.28. The average molecular weight is 264 g/mol. The molecule has 13 heavy (non-hydrogen) atoms. The lowest BCUT2D eigenvalue weighted by Crippen LogP contribution is -2.00. The summed E-state index contributed by atoms with van der Waals surface area (Å²) in [6.07, 6.45) is 3.51. The molecule has 0 aliphatic rings. The summed E-state index contributed by atoms with van der Waals surface area (Å²) in [5.74, 6) is 0.581. The number of rotatable bonds is 3. The van der Waals surface area contributed by atoms with Crippen LogP contribution in [0.3, 0.4) is 0 Å². The number of pyridine rings is 1. The fourth-order valence-corrected chi connectivity index (χ4v) is 1.46. The van der Waals surface area contributed by atoms with Gasteiger partial charge in [0.25, 0.3) is 0 Å². The maximum absolute atomic E-state index is 5.80. The molecule has 0 saturated carbocycles. The molecule has 4 heteroatoms. The fraction of sp³-hybridized carbons (Fsp3) is 0.444. The normalized spacial score (nSPS) is 12.8. The minimum absolute atomic E-state index is 0.492. The summed E-state index contributed by atoms with van der Waals surface area (Å²) in [5, 5.41) is 0.645. The van der Waals surface area contributed by atoms with Gasteiger partial charge in [0.15, 0.2) is 0 Å². The first kappa shape index (κ1) is 10.8. The maximum atomic E-state index is 5.80. The second-order valence-corrected chi connectivity index (χ2v) is 5.02. The third-order valence-electron chi connectivity index (χ3n) is 1.78. The van der Waals surface area contributed by atoms with E-state index in [1.807, 2.05) is 6.07 Å². The molecule has 1 unspecified atom stereocenters. The lowest BCUT2D eigenvalue weighted by atomic mass is 10.1. The molecule has 1 rings (SSSR count). The van der Waals surface area contributed by atoms with Gasteiger partial charge in [-0.15, -0.1) is 0 Å². The molecule has 72 valence electrons. The van der Waals surface area contributed by atoms with E-state index in [-0.39, 0.29) is 0 Å². The molecule has 2 N–H and O–H groups in total. The van der Waals surface area contributed by atoms with E-state index in [1.165, 1.54) is 0 Å². The van der Waals surface area contributed by atoms with Crippen molar-refractivity contribution in [1.82, 2.24) is 4.98 Å². The van der Waals surface area contributed by atoms with E-state index in [4.69, 9.17) is 17.3 Å². The van der Waals surface area contributed by atoms with E-state index < -0.39 is 0 Å². The summed E-state index contributed by atoms with van der Waals surface area (Å²) in [4.78, 5) is 4.48. The second kappa shape index (κ2) is 4.82. The first-order valence-corrected chi connectivity index (χ1v) is 5.43. The van der Waals surface area contributed by atoms with E-state index in [0.717, 1.165) is 18.4 Å². The molecule has 0 fully saturated rings. The number of alkyl halides is 1. The predicted octanol–water partition coefficient (Wildman–Crippen LogP) is 3.03. The van der Waals surface area contributed by atoms with Gasteiger partial charge in [-0.2, -0.15) is 0 Å².